The zero-order chi connectivity index (χ0) is 19.5. The van der Waals surface area contributed by atoms with Crippen LogP contribution in [0, 0.1) is 0 Å². The van der Waals surface area contributed by atoms with E-state index in [1.54, 1.807) is 6.20 Å². The van der Waals surface area contributed by atoms with E-state index in [-0.39, 0.29) is 0 Å². The summed E-state index contributed by atoms with van der Waals surface area (Å²) in [6.07, 6.45) is 3.98. The number of hydrogen-bond donors (Lipinski definition) is 4. The third-order valence-electron chi connectivity index (χ3n) is 5.12. The summed E-state index contributed by atoms with van der Waals surface area (Å²) in [5.74, 6) is 0.829. The molecule has 6 nitrogen and oxygen atoms in total. The van der Waals surface area contributed by atoms with Crippen molar-refractivity contribution in [3.63, 3.8) is 0 Å². The topological polar surface area (TPSA) is 71.8 Å². The summed E-state index contributed by atoms with van der Waals surface area (Å²) in [5, 5.41) is 15.7. The Morgan fingerprint density at radius 3 is 3.00 bits per heavy atom. The minimum Gasteiger partial charge on any atom is -0.368 e. The first-order chi connectivity index (χ1) is 13.6. The van der Waals surface area contributed by atoms with Crippen molar-refractivity contribution < 1.29 is 0 Å². The molecule has 1 unspecified atom stereocenters. The van der Waals surface area contributed by atoms with Gasteiger partial charge in [-0.3, -0.25) is 5.10 Å². The maximum Gasteiger partial charge on any atom is 0.0918 e. The maximum atomic E-state index is 6.06. The molecule has 7 heteroatoms. The smallest absolute Gasteiger partial charge is 0.0918 e. The van der Waals surface area contributed by atoms with E-state index in [2.05, 4.69) is 49.9 Å². The minimum atomic E-state index is 0.329. The highest BCUT2D eigenvalue weighted by molar-refractivity contribution is 6.31. The standard InChI is InChI=1S/C21H25ClN6/c1-14(20-7-8-24-27-20)28-9-3-4-18(13-28)25-15(2)23-12-19-11-16-10-17(22)5-6-21(16)26-19/h5-8,10-11,18,23,25-26H,1-4,9,12-13H2,(H,24,27). The summed E-state index contributed by atoms with van der Waals surface area (Å²) in [5.41, 5.74) is 4.13. The Kier molecular flexibility index (Phi) is 5.30. The predicted molar refractivity (Wildman–Crippen MR) is 115 cm³/mol. The zero-order valence-electron chi connectivity index (χ0n) is 15.8. The number of aromatic nitrogens is 3. The van der Waals surface area contributed by atoms with E-state index < -0.39 is 0 Å². The number of nitrogens with zero attached hydrogens (tertiary/aromatic N) is 2. The van der Waals surface area contributed by atoms with E-state index >= 15 is 0 Å². The van der Waals surface area contributed by atoms with Crippen LogP contribution in [0.3, 0.4) is 0 Å². The van der Waals surface area contributed by atoms with Crippen LogP contribution >= 0.6 is 11.6 Å². The van der Waals surface area contributed by atoms with Gasteiger partial charge >= 0.3 is 0 Å². The highest BCUT2D eigenvalue weighted by atomic mass is 35.5. The molecule has 1 aromatic carbocycles. The van der Waals surface area contributed by atoms with Gasteiger partial charge in [0.25, 0.3) is 0 Å². The van der Waals surface area contributed by atoms with Crippen LogP contribution in [0.25, 0.3) is 16.6 Å². The van der Waals surface area contributed by atoms with E-state index in [0.29, 0.717) is 12.6 Å². The third-order valence-corrected chi connectivity index (χ3v) is 5.36. The molecule has 3 aromatic rings. The van der Waals surface area contributed by atoms with Crippen LogP contribution in [0.5, 0.6) is 0 Å². The van der Waals surface area contributed by atoms with Crippen molar-refractivity contribution >= 4 is 28.2 Å². The summed E-state index contributed by atoms with van der Waals surface area (Å²) in [6.45, 7) is 10.9. The first kappa shape index (κ1) is 18.5. The second kappa shape index (κ2) is 8.02. The summed E-state index contributed by atoms with van der Waals surface area (Å²) in [4.78, 5) is 5.70. The number of halogens is 1. The van der Waals surface area contributed by atoms with Crippen LogP contribution in [0.15, 0.2) is 55.5 Å². The van der Waals surface area contributed by atoms with Gasteiger partial charge in [-0.25, -0.2) is 0 Å². The molecule has 0 saturated carbocycles. The Balaban J connectivity index is 1.29. The number of likely N-dealkylation sites (tertiary alicyclic amines) is 1. The van der Waals surface area contributed by atoms with Crippen molar-refractivity contribution in [2.75, 3.05) is 13.1 Å². The number of H-pyrrole nitrogens is 2. The van der Waals surface area contributed by atoms with Gasteiger partial charge in [-0.15, -0.1) is 0 Å². The van der Waals surface area contributed by atoms with Crippen molar-refractivity contribution in [2.24, 2.45) is 0 Å². The molecule has 1 fully saturated rings. The molecule has 1 saturated heterocycles. The monoisotopic (exact) mass is 396 g/mol. The number of fused-ring (bicyclic) bond motifs is 1. The van der Waals surface area contributed by atoms with E-state index in [0.717, 1.165) is 64.8 Å². The molecular formula is C21H25ClN6. The maximum absolute atomic E-state index is 6.06. The van der Waals surface area contributed by atoms with Crippen LogP contribution < -0.4 is 10.6 Å². The third kappa shape index (κ3) is 4.17. The lowest BCUT2D eigenvalue weighted by atomic mass is 10.0. The molecule has 0 spiro atoms. The molecular weight excluding hydrogens is 372 g/mol. The van der Waals surface area contributed by atoms with Gasteiger partial charge < -0.3 is 20.5 Å². The van der Waals surface area contributed by atoms with Crippen molar-refractivity contribution in [2.45, 2.75) is 25.4 Å². The van der Waals surface area contributed by atoms with E-state index in [9.17, 15) is 0 Å². The molecule has 4 rings (SSSR count). The quantitative estimate of drug-likeness (QED) is 0.489. The van der Waals surface area contributed by atoms with Crippen LogP contribution in [-0.2, 0) is 6.54 Å². The second-order valence-corrected chi connectivity index (χ2v) is 7.64. The highest BCUT2D eigenvalue weighted by Gasteiger charge is 2.22. The van der Waals surface area contributed by atoms with Gasteiger partial charge in [-0.05, 0) is 43.2 Å². The Labute approximate surface area is 169 Å². The first-order valence-corrected chi connectivity index (χ1v) is 9.86. The van der Waals surface area contributed by atoms with E-state index in [1.165, 1.54) is 0 Å². The van der Waals surface area contributed by atoms with Crippen LogP contribution in [-0.4, -0.2) is 39.2 Å². The number of aromatic amines is 2. The summed E-state index contributed by atoms with van der Waals surface area (Å²) < 4.78 is 0. The normalized spacial score (nSPS) is 16.9. The number of hydrogen-bond acceptors (Lipinski definition) is 4. The molecule has 1 aliphatic rings. The molecule has 3 heterocycles. The average Bonchev–Trinajstić information content (AvgIpc) is 3.35. The molecule has 1 atom stereocenters. The van der Waals surface area contributed by atoms with E-state index in [4.69, 9.17) is 11.6 Å². The first-order valence-electron chi connectivity index (χ1n) is 9.48. The van der Waals surface area contributed by atoms with E-state index in [1.807, 2.05) is 24.3 Å². The number of benzene rings is 1. The van der Waals surface area contributed by atoms with Gasteiger partial charge in [0.15, 0.2) is 0 Å². The van der Waals surface area contributed by atoms with Crippen molar-refractivity contribution in [1.82, 2.24) is 30.7 Å². The zero-order valence-corrected chi connectivity index (χ0v) is 16.5. The van der Waals surface area contributed by atoms with Crippen molar-refractivity contribution in [3.05, 3.63) is 71.9 Å². The Morgan fingerprint density at radius 2 is 2.18 bits per heavy atom. The Bertz CT molecular complexity index is 974. The Hall–Kier alpha value is -2.86. The average molecular weight is 397 g/mol. The van der Waals surface area contributed by atoms with Gasteiger partial charge in [0.1, 0.15) is 0 Å². The molecule has 146 valence electrons. The molecule has 0 amide bonds. The number of nitrogens with one attached hydrogen (secondary N) is 4. The second-order valence-electron chi connectivity index (χ2n) is 7.20. The molecule has 1 aliphatic heterocycles. The number of piperidine rings is 1. The SMILES string of the molecule is C=C(NCc1cc2cc(Cl)ccc2[nH]1)NC1CCCN(C(=C)c2ccn[nH]2)C1. The fourth-order valence-corrected chi connectivity index (χ4v) is 3.87. The van der Waals surface area contributed by atoms with Gasteiger partial charge in [0.05, 0.1) is 23.8 Å². The van der Waals surface area contributed by atoms with Crippen molar-refractivity contribution in [3.8, 4) is 0 Å². The van der Waals surface area contributed by atoms with Crippen LogP contribution in [0.4, 0.5) is 0 Å². The lowest BCUT2D eigenvalue weighted by molar-refractivity contribution is 0.271. The highest BCUT2D eigenvalue weighted by Crippen LogP contribution is 2.22. The van der Waals surface area contributed by atoms with Gasteiger partial charge in [0, 0.05) is 46.9 Å². The molecule has 0 aliphatic carbocycles. The largest absolute Gasteiger partial charge is 0.368 e. The molecule has 0 bridgehead atoms. The lowest BCUT2D eigenvalue weighted by Gasteiger charge is -2.36. The lowest BCUT2D eigenvalue weighted by Crippen LogP contribution is -2.46. The fourth-order valence-electron chi connectivity index (χ4n) is 3.69. The van der Waals surface area contributed by atoms with Crippen LogP contribution in [0.1, 0.15) is 24.2 Å². The minimum absolute atomic E-state index is 0.329. The molecule has 28 heavy (non-hydrogen) atoms. The predicted octanol–water partition coefficient (Wildman–Crippen LogP) is 3.83. The van der Waals surface area contributed by atoms with Gasteiger partial charge in [0.2, 0.25) is 0 Å². The van der Waals surface area contributed by atoms with Crippen LogP contribution in [0.2, 0.25) is 5.02 Å². The summed E-state index contributed by atoms with van der Waals surface area (Å²) in [6, 6.07) is 10.2. The molecule has 4 N–H and O–H groups in total. The Morgan fingerprint density at radius 1 is 1.29 bits per heavy atom. The van der Waals surface area contributed by atoms with Gasteiger partial charge in [-0.2, -0.15) is 5.10 Å². The summed E-state index contributed by atoms with van der Waals surface area (Å²) in [7, 11) is 0. The molecule has 2 aromatic heterocycles. The van der Waals surface area contributed by atoms with Crippen molar-refractivity contribution in [1.29, 1.82) is 0 Å². The fraction of sp³-hybridized carbons (Fsp3) is 0.286. The number of rotatable bonds is 7. The van der Waals surface area contributed by atoms with Gasteiger partial charge in [-0.1, -0.05) is 24.8 Å². The summed E-state index contributed by atoms with van der Waals surface area (Å²) >= 11 is 6.06. The molecule has 0 radical (unpaired) electrons.